The highest BCUT2D eigenvalue weighted by Gasteiger charge is 2.54. The topological polar surface area (TPSA) is 23.6 Å². The summed E-state index contributed by atoms with van der Waals surface area (Å²) < 4.78 is 13.1. The minimum atomic E-state index is -0.268. The maximum absolute atomic E-state index is 13.1. The van der Waals surface area contributed by atoms with Crippen molar-refractivity contribution in [3.05, 3.63) is 71.5 Å². The van der Waals surface area contributed by atoms with E-state index in [2.05, 4.69) is 29.2 Å². The SMILES string of the molecule is CN1CC(c2ccccc2)C2(CCN(Cc3ccc(F)cc3)CC2)C1=O. The lowest BCUT2D eigenvalue weighted by Gasteiger charge is -2.41. The maximum Gasteiger partial charge on any atom is 0.229 e. The molecule has 0 aliphatic carbocycles. The summed E-state index contributed by atoms with van der Waals surface area (Å²) in [5.41, 5.74) is 2.13. The maximum atomic E-state index is 13.1. The zero-order valence-corrected chi connectivity index (χ0v) is 15.2. The third-order valence-corrected chi connectivity index (χ3v) is 6.17. The van der Waals surface area contributed by atoms with Gasteiger partial charge in [0.25, 0.3) is 0 Å². The molecule has 2 aromatic rings. The van der Waals surface area contributed by atoms with Crippen molar-refractivity contribution >= 4 is 5.91 Å². The van der Waals surface area contributed by atoms with E-state index in [1.54, 1.807) is 0 Å². The molecule has 0 bridgehead atoms. The first-order valence-electron chi connectivity index (χ1n) is 9.36. The number of carbonyl (C=O) groups is 1. The van der Waals surface area contributed by atoms with E-state index in [4.69, 9.17) is 0 Å². The normalized spacial score (nSPS) is 22.9. The van der Waals surface area contributed by atoms with Gasteiger partial charge in [-0.05, 0) is 49.2 Å². The Bertz CT molecular complexity index is 766. The number of rotatable bonds is 3. The standard InChI is InChI=1S/C22H25FN2O/c1-24-16-20(18-5-3-2-4-6-18)22(21(24)26)11-13-25(14-12-22)15-17-7-9-19(23)10-8-17/h2-10,20H,11-16H2,1H3. The lowest BCUT2D eigenvalue weighted by molar-refractivity contribution is -0.137. The van der Waals surface area contributed by atoms with Gasteiger partial charge < -0.3 is 4.90 Å². The molecule has 0 aromatic heterocycles. The molecular weight excluding hydrogens is 327 g/mol. The zero-order chi connectivity index (χ0) is 18.1. The van der Waals surface area contributed by atoms with Gasteiger partial charge in [-0.3, -0.25) is 9.69 Å². The van der Waals surface area contributed by atoms with E-state index in [0.29, 0.717) is 5.91 Å². The van der Waals surface area contributed by atoms with Crippen molar-refractivity contribution in [1.29, 1.82) is 0 Å². The smallest absolute Gasteiger partial charge is 0.229 e. The molecule has 4 rings (SSSR count). The van der Waals surface area contributed by atoms with Crippen molar-refractivity contribution in [2.45, 2.75) is 25.3 Å². The van der Waals surface area contributed by atoms with Crippen molar-refractivity contribution in [3.8, 4) is 0 Å². The van der Waals surface area contributed by atoms with E-state index in [9.17, 15) is 9.18 Å². The zero-order valence-electron chi connectivity index (χ0n) is 15.2. The first-order valence-corrected chi connectivity index (χ1v) is 9.36. The van der Waals surface area contributed by atoms with E-state index in [-0.39, 0.29) is 17.2 Å². The van der Waals surface area contributed by atoms with Crippen LogP contribution in [0.2, 0.25) is 0 Å². The Labute approximate surface area is 154 Å². The van der Waals surface area contributed by atoms with Crippen LogP contribution in [0, 0.1) is 11.2 Å². The number of benzene rings is 2. The number of amides is 1. The summed E-state index contributed by atoms with van der Waals surface area (Å²) in [5, 5.41) is 0. The lowest BCUT2D eigenvalue weighted by atomic mass is 9.68. The van der Waals surface area contributed by atoms with E-state index < -0.39 is 0 Å². The minimum absolute atomic E-state index is 0.198. The van der Waals surface area contributed by atoms with Crippen LogP contribution in [0.25, 0.3) is 0 Å². The Balaban J connectivity index is 1.50. The molecule has 2 aromatic carbocycles. The highest BCUT2D eigenvalue weighted by atomic mass is 19.1. The van der Waals surface area contributed by atoms with Crippen LogP contribution in [0.1, 0.15) is 29.9 Å². The predicted molar refractivity (Wildman–Crippen MR) is 100 cm³/mol. The molecule has 0 saturated carbocycles. The summed E-state index contributed by atoms with van der Waals surface area (Å²) in [5.74, 6) is 0.374. The summed E-state index contributed by atoms with van der Waals surface area (Å²) >= 11 is 0. The fourth-order valence-corrected chi connectivity index (χ4v) is 4.69. The Morgan fingerprint density at radius 3 is 2.35 bits per heavy atom. The molecule has 4 heteroatoms. The van der Waals surface area contributed by atoms with Crippen molar-refractivity contribution in [2.75, 3.05) is 26.7 Å². The van der Waals surface area contributed by atoms with E-state index >= 15 is 0 Å². The fourth-order valence-electron chi connectivity index (χ4n) is 4.69. The van der Waals surface area contributed by atoms with Gasteiger partial charge in [0.2, 0.25) is 5.91 Å². The van der Waals surface area contributed by atoms with Gasteiger partial charge >= 0.3 is 0 Å². The highest BCUT2D eigenvalue weighted by Crippen LogP contribution is 2.50. The van der Waals surface area contributed by atoms with Crippen LogP contribution in [-0.4, -0.2) is 42.4 Å². The Morgan fingerprint density at radius 2 is 1.69 bits per heavy atom. The molecule has 0 N–H and O–H groups in total. The molecule has 2 aliphatic rings. The Kier molecular flexibility index (Phi) is 4.53. The number of halogens is 1. The Hall–Kier alpha value is -2.20. The van der Waals surface area contributed by atoms with E-state index in [0.717, 1.165) is 44.6 Å². The van der Waals surface area contributed by atoms with Crippen LogP contribution in [0.15, 0.2) is 54.6 Å². The van der Waals surface area contributed by atoms with Crippen LogP contribution in [0.5, 0.6) is 0 Å². The van der Waals surface area contributed by atoms with Crippen molar-refractivity contribution in [2.24, 2.45) is 5.41 Å². The second kappa shape index (κ2) is 6.84. The predicted octanol–water partition coefficient (Wildman–Crippen LogP) is 3.66. The second-order valence-electron chi connectivity index (χ2n) is 7.71. The number of likely N-dealkylation sites (N-methyl/N-ethyl adjacent to an activating group) is 1. The molecule has 2 heterocycles. The molecule has 2 saturated heterocycles. The molecule has 136 valence electrons. The quantitative estimate of drug-likeness (QED) is 0.842. The average Bonchev–Trinajstić information content (AvgIpc) is 2.91. The fraction of sp³-hybridized carbons (Fsp3) is 0.409. The van der Waals surface area contributed by atoms with Crippen molar-refractivity contribution < 1.29 is 9.18 Å². The molecule has 1 spiro atoms. The molecule has 1 atom stereocenters. The molecule has 2 fully saturated rings. The summed E-state index contributed by atoms with van der Waals surface area (Å²) in [7, 11) is 1.93. The van der Waals surface area contributed by atoms with Gasteiger partial charge in [-0.15, -0.1) is 0 Å². The summed E-state index contributed by atoms with van der Waals surface area (Å²) in [6, 6.07) is 17.2. The van der Waals surface area contributed by atoms with Crippen molar-refractivity contribution in [3.63, 3.8) is 0 Å². The highest BCUT2D eigenvalue weighted by molar-refractivity contribution is 5.86. The van der Waals surface area contributed by atoms with Gasteiger partial charge in [0, 0.05) is 26.1 Å². The number of hydrogen-bond donors (Lipinski definition) is 0. The van der Waals surface area contributed by atoms with Gasteiger partial charge in [-0.2, -0.15) is 0 Å². The minimum Gasteiger partial charge on any atom is -0.345 e. The van der Waals surface area contributed by atoms with Crippen LogP contribution < -0.4 is 0 Å². The average molecular weight is 352 g/mol. The van der Waals surface area contributed by atoms with Crippen molar-refractivity contribution in [1.82, 2.24) is 9.80 Å². The second-order valence-corrected chi connectivity index (χ2v) is 7.71. The van der Waals surface area contributed by atoms with Gasteiger partial charge in [0.1, 0.15) is 5.82 Å². The van der Waals surface area contributed by atoms with Gasteiger partial charge in [-0.1, -0.05) is 42.5 Å². The summed E-state index contributed by atoms with van der Waals surface area (Å²) in [4.78, 5) is 17.3. The number of carbonyl (C=O) groups excluding carboxylic acids is 1. The van der Waals surface area contributed by atoms with Gasteiger partial charge in [0.05, 0.1) is 5.41 Å². The number of nitrogens with zero attached hydrogens (tertiary/aromatic N) is 2. The molecular formula is C22H25FN2O. The molecule has 3 nitrogen and oxygen atoms in total. The molecule has 1 unspecified atom stereocenters. The van der Waals surface area contributed by atoms with Gasteiger partial charge in [-0.25, -0.2) is 4.39 Å². The van der Waals surface area contributed by atoms with E-state index in [1.807, 2.05) is 30.1 Å². The summed E-state index contributed by atoms with van der Waals surface area (Å²) in [6.45, 7) is 3.43. The number of likely N-dealkylation sites (tertiary alicyclic amines) is 2. The number of piperidine rings is 1. The first-order chi connectivity index (χ1) is 12.6. The van der Waals surface area contributed by atoms with Crippen LogP contribution >= 0.6 is 0 Å². The molecule has 2 aliphatic heterocycles. The third kappa shape index (κ3) is 3.03. The van der Waals surface area contributed by atoms with Crippen LogP contribution in [-0.2, 0) is 11.3 Å². The van der Waals surface area contributed by atoms with Crippen LogP contribution in [0.3, 0.4) is 0 Å². The first kappa shape index (κ1) is 17.2. The summed E-state index contributed by atoms with van der Waals surface area (Å²) in [6.07, 6.45) is 1.77. The van der Waals surface area contributed by atoms with Crippen LogP contribution in [0.4, 0.5) is 4.39 Å². The van der Waals surface area contributed by atoms with Gasteiger partial charge in [0.15, 0.2) is 0 Å². The largest absolute Gasteiger partial charge is 0.345 e. The Morgan fingerprint density at radius 1 is 1.04 bits per heavy atom. The third-order valence-electron chi connectivity index (χ3n) is 6.17. The molecule has 1 amide bonds. The molecule has 26 heavy (non-hydrogen) atoms. The monoisotopic (exact) mass is 352 g/mol. The van der Waals surface area contributed by atoms with E-state index in [1.165, 1.54) is 17.7 Å². The number of hydrogen-bond acceptors (Lipinski definition) is 2. The molecule has 0 radical (unpaired) electrons. The lowest BCUT2D eigenvalue weighted by Crippen LogP contribution is -2.45.